The summed E-state index contributed by atoms with van der Waals surface area (Å²) in [6.07, 6.45) is 2.85. The van der Waals surface area contributed by atoms with Crippen LogP contribution in [0.1, 0.15) is 25.7 Å². The summed E-state index contributed by atoms with van der Waals surface area (Å²) in [6.45, 7) is 0.633. The van der Waals surface area contributed by atoms with Gasteiger partial charge < -0.3 is 16.4 Å². The van der Waals surface area contributed by atoms with E-state index >= 15 is 0 Å². The van der Waals surface area contributed by atoms with Gasteiger partial charge in [-0.05, 0) is 64.6 Å². The third-order valence-corrected chi connectivity index (χ3v) is 5.40. The van der Waals surface area contributed by atoms with Gasteiger partial charge in [-0.2, -0.15) is 0 Å². The zero-order valence-electron chi connectivity index (χ0n) is 18.4. The molecule has 0 bridgehead atoms. The van der Waals surface area contributed by atoms with Crippen LogP contribution in [-0.2, 0) is 4.79 Å². The maximum Gasteiger partial charge on any atom is 0.300 e. The number of nitrogens with zero attached hydrogens (tertiary/aromatic N) is 3. The minimum absolute atomic E-state index is 0.0288. The maximum atomic E-state index is 12.2. The minimum atomic E-state index is -0.518. The lowest BCUT2D eigenvalue weighted by atomic mass is 10.1. The molecular weight excluding hydrogens is 436 g/mol. The van der Waals surface area contributed by atoms with Crippen molar-refractivity contribution in [3.8, 4) is 11.1 Å². The van der Waals surface area contributed by atoms with Crippen molar-refractivity contribution < 1.29 is 14.3 Å². The summed E-state index contributed by atoms with van der Waals surface area (Å²) in [5.41, 5.74) is 10.3. The van der Waals surface area contributed by atoms with E-state index < -0.39 is 4.92 Å². The first-order valence-corrected chi connectivity index (χ1v) is 10.9. The monoisotopic (exact) mass is 460 g/mol. The minimum Gasteiger partial charge on any atom is -0.399 e. The number of hydrogen-bond acceptors (Lipinski definition) is 8. The number of nitrogens with two attached hydrogens (primary N) is 1. The lowest BCUT2D eigenvalue weighted by Crippen LogP contribution is -2.11. The van der Waals surface area contributed by atoms with E-state index in [1.165, 1.54) is 6.07 Å². The van der Waals surface area contributed by atoms with Gasteiger partial charge in [-0.3, -0.25) is 14.9 Å². The predicted molar refractivity (Wildman–Crippen MR) is 130 cm³/mol. The molecule has 0 unspecified atom stereocenters. The Balaban J connectivity index is 1.18. The summed E-state index contributed by atoms with van der Waals surface area (Å²) in [5, 5.41) is 24.5. The molecule has 10 heteroatoms. The highest BCUT2D eigenvalue weighted by Gasteiger charge is 2.19. The van der Waals surface area contributed by atoms with Crippen molar-refractivity contribution in [1.29, 1.82) is 0 Å². The Hall–Kier alpha value is -4.47. The normalized spacial score (nSPS) is 10.8. The van der Waals surface area contributed by atoms with Gasteiger partial charge in [-0.25, -0.2) is 4.63 Å². The Morgan fingerprint density at radius 1 is 0.912 bits per heavy atom. The molecule has 0 saturated carbocycles. The summed E-state index contributed by atoms with van der Waals surface area (Å²) >= 11 is 0. The quantitative estimate of drug-likeness (QED) is 0.130. The van der Waals surface area contributed by atoms with Crippen LogP contribution >= 0.6 is 0 Å². The number of carbonyl (C=O) groups excluding carboxylic acids is 1. The molecule has 34 heavy (non-hydrogen) atoms. The zero-order chi connectivity index (χ0) is 23.9. The van der Waals surface area contributed by atoms with Crippen LogP contribution in [0.2, 0.25) is 0 Å². The van der Waals surface area contributed by atoms with E-state index in [9.17, 15) is 14.9 Å². The van der Waals surface area contributed by atoms with Crippen LogP contribution in [-0.4, -0.2) is 27.7 Å². The number of fused-ring (bicyclic) bond motifs is 1. The fourth-order valence-electron chi connectivity index (χ4n) is 3.60. The summed E-state index contributed by atoms with van der Waals surface area (Å²) < 4.78 is 4.66. The highest BCUT2D eigenvalue weighted by atomic mass is 16.6. The summed E-state index contributed by atoms with van der Waals surface area (Å²) in [4.78, 5) is 22.8. The second-order valence-corrected chi connectivity index (χ2v) is 7.84. The number of nitro groups is 1. The highest BCUT2D eigenvalue weighted by molar-refractivity contribution is 5.93. The predicted octanol–water partition coefficient (Wildman–Crippen LogP) is 4.99. The number of aromatic nitrogens is 2. The Morgan fingerprint density at radius 2 is 1.59 bits per heavy atom. The molecule has 1 amide bonds. The lowest BCUT2D eigenvalue weighted by molar-refractivity contribution is -0.383. The molecule has 174 valence electrons. The van der Waals surface area contributed by atoms with Gasteiger partial charge in [-0.1, -0.05) is 30.7 Å². The van der Waals surface area contributed by atoms with Crippen molar-refractivity contribution in [1.82, 2.24) is 10.3 Å². The second-order valence-electron chi connectivity index (χ2n) is 7.84. The van der Waals surface area contributed by atoms with Gasteiger partial charge in [0.05, 0.1) is 10.6 Å². The molecule has 0 aliphatic carbocycles. The van der Waals surface area contributed by atoms with E-state index in [1.54, 1.807) is 6.07 Å². The number of anilines is 3. The van der Waals surface area contributed by atoms with Gasteiger partial charge in [0.15, 0.2) is 5.52 Å². The zero-order valence-corrected chi connectivity index (χ0v) is 18.4. The molecule has 0 aliphatic heterocycles. The number of rotatable bonds is 10. The molecule has 0 saturated heterocycles. The van der Waals surface area contributed by atoms with E-state index in [2.05, 4.69) is 25.6 Å². The Morgan fingerprint density at radius 3 is 2.29 bits per heavy atom. The molecule has 4 rings (SSSR count). The molecule has 4 aromatic rings. The first-order valence-electron chi connectivity index (χ1n) is 10.9. The lowest BCUT2D eigenvalue weighted by Gasteiger charge is -2.08. The van der Waals surface area contributed by atoms with Crippen LogP contribution in [0.15, 0.2) is 65.3 Å². The van der Waals surface area contributed by atoms with E-state index in [0.717, 1.165) is 41.8 Å². The summed E-state index contributed by atoms with van der Waals surface area (Å²) in [7, 11) is 0. The van der Waals surface area contributed by atoms with Crippen LogP contribution in [0, 0.1) is 10.1 Å². The van der Waals surface area contributed by atoms with Crippen LogP contribution in [0.5, 0.6) is 0 Å². The molecule has 0 radical (unpaired) electrons. The molecule has 0 fully saturated rings. The van der Waals surface area contributed by atoms with Crippen molar-refractivity contribution in [2.45, 2.75) is 25.7 Å². The Bertz CT molecular complexity index is 1290. The largest absolute Gasteiger partial charge is 0.399 e. The third kappa shape index (κ3) is 5.47. The van der Waals surface area contributed by atoms with E-state index in [4.69, 9.17) is 5.73 Å². The van der Waals surface area contributed by atoms with Crippen LogP contribution < -0.4 is 16.4 Å². The topological polar surface area (TPSA) is 149 Å². The SMILES string of the molecule is Nc1ccc(-c2ccc(NC(=O)CCCCCNc3ccc([N+](=O)[O-])c4nonc34)cc2)cc1. The van der Waals surface area contributed by atoms with Crippen LogP contribution in [0.4, 0.5) is 22.7 Å². The second kappa shape index (κ2) is 10.4. The average molecular weight is 460 g/mol. The standard InChI is InChI=1S/C24H24N6O4/c25-18-9-5-16(6-10-18)17-7-11-19(12-8-17)27-22(31)4-2-1-3-15-26-20-13-14-21(30(32)33)24-23(20)28-34-29-24/h5-14,26H,1-4,15,25H2,(H,27,31). The van der Waals surface area contributed by atoms with Crippen LogP contribution in [0.25, 0.3) is 22.2 Å². The molecule has 3 aromatic carbocycles. The van der Waals surface area contributed by atoms with Crippen molar-refractivity contribution in [2.75, 3.05) is 22.9 Å². The van der Waals surface area contributed by atoms with Gasteiger partial charge in [-0.15, -0.1) is 0 Å². The first kappa shape index (κ1) is 22.7. The smallest absolute Gasteiger partial charge is 0.300 e. The number of hydrogen-bond donors (Lipinski definition) is 3. The molecule has 4 N–H and O–H groups in total. The molecule has 0 spiro atoms. The van der Waals surface area contributed by atoms with Crippen LogP contribution in [0.3, 0.4) is 0 Å². The van der Waals surface area contributed by atoms with E-state index in [0.29, 0.717) is 24.2 Å². The fraction of sp³-hybridized carbons (Fsp3) is 0.208. The number of nitrogens with one attached hydrogen (secondary N) is 2. The van der Waals surface area contributed by atoms with Gasteiger partial charge in [0.2, 0.25) is 11.4 Å². The number of carbonyl (C=O) groups is 1. The molecular formula is C24H24N6O4. The molecule has 1 heterocycles. The number of nitrogen functional groups attached to an aromatic ring is 1. The Labute approximate surface area is 195 Å². The maximum absolute atomic E-state index is 12.2. The third-order valence-electron chi connectivity index (χ3n) is 5.40. The summed E-state index contributed by atoms with van der Waals surface area (Å²) in [6, 6.07) is 18.3. The van der Waals surface area contributed by atoms with Crippen molar-refractivity contribution >= 4 is 39.7 Å². The number of nitro benzene ring substituents is 1. The highest BCUT2D eigenvalue weighted by Crippen LogP contribution is 2.28. The molecule has 0 aliphatic rings. The van der Waals surface area contributed by atoms with Gasteiger partial charge >= 0.3 is 5.69 Å². The fourth-order valence-corrected chi connectivity index (χ4v) is 3.60. The number of non-ortho nitro benzene ring substituents is 1. The molecule has 10 nitrogen and oxygen atoms in total. The van der Waals surface area contributed by atoms with Gasteiger partial charge in [0, 0.05) is 30.4 Å². The van der Waals surface area contributed by atoms with Gasteiger partial charge in [0.25, 0.3) is 0 Å². The number of amides is 1. The number of unbranched alkanes of at least 4 members (excludes halogenated alkanes) is 2. The van der Waals surface area contributed by atoms with E-state index in [1.807, 2.05) is 48.5 Å². The molecule has 0 atom stereocenters. The van der Waals surface area contributed by atoms with Crippen molar-refractivity contribution in [3.05, 3.63) is 70.8 Å². The number of benzene rings is 3. The van der Waals surface area contributed by atoms with Crippen molar-refractivity contribution in [3.63, 3.8) is 0 Å². The first-order chi connectivity index (χ1) is 16.5. The van der Waals surface area contributed by atoms with Crippen molar-refractivity contribution in [2.24, 2.45) is 0 Å². The van der Waals surface area contributed by atoms with E-state index in [-0.39, 0.29) is 17.1 Å². The van der Waals surface area contributed by atoms with Gasteiger partial charge in [0.1, 0.15) is 0 Å². The Kier molecular flexibility index (Phi) is 6.97. The molecule has 1 aromatic heterocycles. The average Bonchev–Trinajstić information content (AvgIpc) is 3.32. The summed E-state index contributed by atoms with van der Waals surface area (Å²) in [5.74, 6) is -0.0288.